The molecule has 0 atom stereocenters. The molecule has 0 saturated carbocycles. The van der Waals surface area contributed by atoms with Crippen LogP contribution in [0.5, 0.6) is 0 Å². The van der Waals surface area contributed by atoms with Gasteiger partial charge in [-0.15, -0.1) is 0 Å². The van der Waals surface area contributed by atoms with Crippen molar-refractivity contribution in [3.05, 3.63) is 108 Å². The third-order valence-electron chi connectivity index (χ3n) is 7.99. The summed E-state index contributed by atoms with van der Waals surface area (Å²) < 4.78 is 2.27. The summed E-state index contributed by atoms with van der Waals surface area (Å²) in [6, 6.07) is 22.4. The first-order chi connectivity index (χ1) is 17.3. The molecular weight excluding hydrogens is 428 g/mol. The van der Waals surface area contributed by atoms with Gasteiger partial charge in [-0.25, -0.2) is 4.98 Å². The quantitative estimate of drug-likeness (QED) is 0.243. The summed E-state index contributed by atoms with van der Waals surface area (Å²) in [5.74, 6) is 0. The molecule has 4 aromatic heterocycles. The molecular formula is C31H18N4. The molecule has 0 spiro atoms. The van der Waals surface area contributed by atoms with E-state index in [1.807, 2.05) is 30.9 Å². The van der Waals surface area contributed by atoms with E-state index in [1.54, 1.807) is 0 Å². The fourth-order valence-corrected chi connectivity index (χ4v) is 6.53. The minimum atomic E-state index is 0.912. The van der Waals surface area contributed by atoms with Crippen LogP contribution < -0.4 is 0 Å². The van der Waals surface area contributed by atoms with Crippen LogP contribution in [0, 0.1) is 0 Å². The number of fused-ring (bicyclic) bond motifs is 15. The van der Waals surface area contributed by atoms with E-state index in [4.69, 9.17) is 4.98 Å². The highest BCUT2D eigenvalue weighted by atomic mass is 15.0. The van der Waals surface area contributed by atoms with Gasteiger partial charge >= 0.3 is 0 Å². The predicted molar refractivity (Wildman–Crippen MR) is 140 cm³/mol. The van der Waals surface area contributed by atoms with Crippen molar-refractivity contribution in [3.63, 3.8) is 0 Å². The van der Waals surface area contributed by atoms with Crippen LogP contribution in [0.4, 0.5) is 0 Å². The van der Waals surface area contributed by atoms with Gasteiger partial charge < -0.3 is 0 Å². The highest BCUT2D eigenvalue weighted by molar-refractivity contribution is 6.15. The second-order valence-corrected chi connectivity index (χ2v) is 9.72. The number of rotatable bonds is 0. The monoisotopic (exact) mass is 446 g/mol. The molecule has 7 aromatic rings. The maximum absolute atomic E-state index is 5.06. The van der Waals surface area contributed by atoms with E-state index in [0.717, 1.165) is 40.4 Å². The molecule has 162 valence electrons. The lowest BCUT2D eigenvalue weighted by Gasteiger charge is -2.12. The maximum atomic E-state index is 5.06. The molecule has 0 unspecified atom stereocenters. The van der Waals surface area contributed by atoms with Crippen LogP contribution in [0.2, 0.25) is 0 Å². The molecule has 4 heteroatoms. The molecule has 0 amide bonds. The van der Waals surface area contributed by atoms with Gasteiger partial charge in [-0.3, -0.25) is 14.4 Å². The molecule has 0 saturated heterocycles. The first-order valence-electron chi connectivity index (χ1n) is 12.0. The minimum Gasteiger partial charge on any atom is -0.291 e. The fraction of sp³-hybridized carbons (Fsp3) is 0.0645. The Kier molecular flexibility index (Phi) is 3.11. The third-order valence-corrected chi connectivity index (χ3v) is 7.99. The SMILES string of the molecule is c1ccc2c(c1)Cc1c-2ccc2c1-c1cc3c(cc1C2)c1cnccc1n1c2ccncc2nc31. The molecule has 3 aromatic carbocycles. The number of pyridine rings is 3. The van der Waals surface area contributed by atoms with Crippen molar-refractivity contribution in [1.29, 1.82) is 0 Å². The van der Waals surface area contributed by atoms with Gasteiger partial charge in [-0.05, 0) is 87.0 Å². The van der Waals surface area contributed by atoms with Crippen molar-refractivity contribution < 1.29 is 0 Å². The number of benzene rings is 3. The largest absolute Gasteiger partial charge is 0.291 e. The molecule has 4 nitrogen and oxygen atoms in total. The number of hydrogen-bond acceptors (Lipinski definition) is 3. The zero-order valence-corrected chi connectivity index (χ0v) is 18.8. The summed E-state index contributed by atoms with van der Waals surface area (Å²) in [5, 5.41) is 3.54. The summed E-state index contributed by atoms with van der Waals surface area (Å²) in [7, 11) is 0. The van der Waals surface area contributed by atoms with Crippen molar-refractivity contribution in [2.45, 2.75) is 12.8 Å². The van der Waals surface area contributed by atoms with Crippen LogP contribution in [-0.4, -0.2) is 19.4 Å². The number of aromatic nitrogens is 4. The smallest absolute Gasteiger partial charge is 0.146 e. The van der Waals surface area contributed by atoms with Gasteiger partial charge in [0.25, 0.3) is 0 Å². The Bertz CT molecular complexity index is 2070. The van der Waals surface area contributed by atoms with E-state index in [9.17, 15) is 0 Å². The van der Waals surface area contributed by atoms with Gasteiger partial charge in [0, 0.05) is 29.4 Å². The second kappa shape index (κ2) is 6.10. The molecule has 2 aliphatic carbocycles. The predicted octanol–water partition coefficient (Wildman–Crippen LogP) is 6.73. The lowest BCUT2D eigenvalue weighted by atomic mass is 9.94. The topological polar surface area (TPSA) is 43.1 Å². The van der Waals surface area contributed by atoms with E-state index in [-0.39, 0.29) is 0 Å². The lowest BCUT2D eigenvalue weighted by Crippen LogP contribution is -1.94. The summed E-state index contributed by atoms with van der Waals surface area (Å²) in [5.41, 5.74) is 15.4. The van der Waals surface area contributed by atoms with Crippen LogP contribution in [-0.2, 0) is 12.8 Å². The Labute approximate surface area is 200 Å². The van der Waals surface area contributed by atoms with E-state index in [0.29, 0.717) is 0 Å². The first kappa shape index (κ1) is 17.8. The molecule has 35 heavy (non-hydrogen) atoms. The first-order valence-corrected chi connectivity index (χ1v) is 12.0. The standard InChI is InChI=1S/C31H18N4/c1-2-4-20-17(3-1)12-24-21(20)6-5-18-11-19-13-23-25(14-22(19)30(18)24)31-34-27-16-33-10-8-29(27)35(31)28-7-9-32-15-26(23)28/h1-10,13-16H,11-12H2. The van der Waals surface area contributed by atoms with Crippen molar-refractivity contribution in [3.8, 4) is 22.3 Å². The average molecular weight is 447 g/mol. The fourth-order valence-electron chi connectivity index (χ4n) is 6.53. The van der Waals surface area contributed by atoms with E-state index in [1.165, 1.54) is 55.3 Å². The number of hydrogen-bond donors (Lipinski definition) is 0. The van der Waals surface area contributed by atoms with Crippen molar-refractivity contribution >= 4 is 38.4 Å². The van der Waals surface area contributed by atoms with Gasteiger partial charge in [0.1, 0.15) is 11.2 Å². The summed E-state index contributed by atoms with van der Waals surface area (Å²) >= 11 is 0. The van der Waals surface area contributed by atoms with Crippen molar-refractivity contribution in [2.24, 2.45) is 0 Å². The highest BCUT2D eigenvalue weighted by Crippen LogP contribution is 2.49. The second-order valence-electron chi connectivity index (χ2n) is 9.72. The van der Waals surface area contributed by atoms with Gasteiger partial charge in [-0.1, -0.05) is 36.4 Å². The normalized spacial score (nSPS) is 13.5. The molecule has 0 fully saturated rings. The number of imidazole rings is 1. The molecule has 2 aliphatic rings. The maximum Gasteiger partial charge on any atom is 0.146 e. The Morgan fingerprint density at radius 3 is 2.49 bits per heavy atom. The third kappa shape index (κ3) is 2.15. The summed E-state index contributed by atoms with van der Waals surface area (Å²) in [4.78, 5) is 13.9. The van der Waals surface area contributed by atoms with Crippen LogP contribution in [0.25, 0.3) is 60.6 Å². The van der Waals surface area contributed by atoms with Gasteiger partial charge in [-0.2, -0.15) is 0 Å². The van der Waals surface area contributed by atoms with E-state index >= 15 is 0 Å². The molecule has 0 radical (unpaired) electrons. The molecule has 4 heterocycles. The van der Waals surface area contributed by atoms with Gasteiger partial charge in [0.2, 0.25) is 0 Å². The Morgan fingerprint density at radius 2 is 1.51 bits per heavy atom. The van der Waals surface area contributed by atoms with Gasteiger partial charge in [0.05, 0.1) is 17.2 Å². The Hall–Kier alpha value is -4.57. The molecule has 0 N–H and O–H groups in total. The molecule has 0 bridgehead atoms. The van der Waals surface area contributed by atoms with Crippen molar-refractivity contribution in [2.75, 3.05) is 0 Å². The van der Waals surface area contributed by atoms with E-state index < -0.39 is 0 Å². The lowest BCUT2D eigenvalue weighted by molar-refractivity contribution is 1.23. The van der Waals surface area contributed by atoms with Crippen molar-refractivity contribution in [1.82, 2.24) is 19.4 Å². The zero-order valence-electron chi connectivity index (χ0n) is 18.8. The molecule has 0 aliphatic heterocycles. The van der Waals surface area contributed by atoms with Crippen LogP contribution in [0.3, 0.4) is 0 Å². The van der Waals surface area contributed by atoms with Crippen LogP contribution >= 0.6 is 0 Å². The van der Waals surface area contributed by atoms with Crippen LogP contribution in [0.15, 0.2) is 85.5 Å². The average Bonchev–Trinajstić information content (AvgIpc) is 3.58. The minimum absolute atomic E-state index is 0.912. The molecule has 9 rings (SSSR count). The number of nitrogens with zero attached hydrogens (tertiary/aromatic N) is 4. The highest BCUT2D eigenvalue weighted by Gasteiger charge is 2.29. The summed E-state index contributed by atoms with van der Waals surface area (Å²) in [6.07, 6.45) is 9.53. The summed E-state index contributed by atoms with van der Waals surface area (Å²) in [6.45, 7) is 0. The van der Waals surface area contributed by atoms with Gasteiger partial charge in [0.15, 0.2) is 0 Å². The Morgan fingerprint density at radius 1 is 0.629 bits per heavy atom. The van der Waals surface area contributed by atoms with Crippen LogP contribution in [0.1, 0.15) is 22.3 Å². The van der Waals surface area contributed by atoms with E-state index in [2.05, 4.69) is 69.0 Å². The zero-order chi connectivity index (χ0) is 22.7. The Balaban J connectivity index is 1.42.